The topological polar surface area (TPSA) is 66.4 Å². The number of hydrogen-bond donors (Lipinski definition) is 2. The van der Waals surface area contributed by atoms with E-state index >= 15 is 0 Å². The molecule has 0 aromatic rings. The first-order valence-electron chi connectivity index (χ1n) is 6.21. The van der Waals surface area contributed by atoms with Crippen LogP contribution in [0.15, 0.2) is 0 Å². The van der Waals surface area contributed by atoms with Crippen molar-refractivity contribution in [3.8, 4) is 0 Å². The Hall–Kier alpha value is -1.06. The van der Waals surface area contributed by atoms with Crippen LogP contribution in [0.1, 0.15) is 53.4 Å². The molecule has 0 spiro atoms. The molecule has 0 aliphatic carbocycles. The van der Waals surface area contributed by atoms with Crippen LogP contribution in [0.3, 0.4) is 0 Å². The van der Waals surface area contributed by atoms with Gasteiger partial charge in [-0.3, -0.25) is 9.59 Å². The lowest BCUT2D eigenvalue weighted by atomic mass is 9.85. The largest absolute Gasteiger partial charge is 0.481 e. The maximum atomic E-state index is 11.6. The summed E-state index contributed by atoms with van der Waals surface area (Å²) >= 11 is 0. The van der Waals surface area contributed by atoms with Crippen LogP contribution in [0.5, 0.6) is 0 Å². The molecule has 4 heteroatoms. The molecule has 4 nitrogen and oxygen atoms in total. The van der Waals surface area contributed by atoms with E-state index in [1.807, 2.05) is 0 Å². The summed E-state index contributed by atoms with van der Waals surface area (Å²) in [6.07, 6.45) is 2.36. The minimum Gasteiger partial charge on any atom is -0.481 e. The van der Waals surface area contributed by atoms with Crippen LogP contribution in [0.4, 0.5) is 0 Å². The molecule has 0 aliphatic heterocycles. The summed E-state index contributed by atoms with van der Waals surface area (Å²) in [6.45, 7) is 8.58. The van der Waals surface area contributed by atoms with E-state index in [4.69, 9.17) is 5.11 Å². The number of amides is 1. The van der Waals surface area contributed by atoms with E-state index in [-0.39, 0.29) is 18.7 Å². The Bertz CT molecular complexity index is 259. The summed E-state index contributed by atoms with van der Waals surface area (Å²) in [7, 11) is 0. The first-order chi connectivity index (χ1) is 7.73. The number of nitrogens with one attached hydrogen (secondary N) is 1. The molecule has 0 radical (unpaired) electrons. The number of aliphatic carboxylic acids is 1. The van der Waals surface area contributed by atoms with Crippen molar-refractivity contribution >= 4 is 11.9 Å². The van der Waals surface area contributed by atoms with Gasteiger partial charge < -0.3 is 10.4 Å². The van der Waals surface area contributed by atoms with Gasteiger partial charge in [-0.1, -0.05) is 27.7 Å². The minimum atomic E-state index is -0.859. The summed E-state index contributed by atoms with van der Waals surface area (Å²) in [5.41, 5.74) is -0.478. The van der Waals surface area contributed by atoms with Gasteiger partial charge in [0, 0.05) is 13.0 Å². The quantitative estimate of drug-likeness (QED) is 0.643. The predicted octanol–water partition coefficient (Wildman–Crippen LogP) is 2.43. The van der Waals surface area contributed by atoms with E-state index in [1.54, 1.807) is 13.8 Å². The van der Waals surface area contributed by atoms with Crippen LogP contribution < -0.4 is 5.32 Å². The number of rotatable bonds is 8. The Labute approximate surface area is 104 Å². The highest BCUT2D eigenvalue weighted by molar-refractivity contribution is 5.77. The summed E-state index contributed by atoms with van der Waals surface area (Å²) in [6, 6.07) is 0. The highest BCUT2D eigenvalue weighted by Crippen LogP contribution is 2.24. The molecule has 1 amide bonds. The minimum absolute atomic E-state index is 0.0203. The van der Waals surface area contributed by atoms with Crippen LogP contribution in [-0.4, -0.2) is 23.5 Å². The van der Waals surface area contributed by atoms with E-state index < -0.39 is 11.4 Å². The van der Waals surface area contributed by atoms with E-state index in [0.717, 1.165) is 12.8 Å². The number of hydrogen-bond acceptors (Lipinski definition) is 2. The highest BCUT2D eigenvalue weighted by atomic mass is 16.4. The van der Waals surface area contributed by atoms with Crippen molar-refractivity contribution in [2.24, 2.45) is 11.3 Å². The smallest absolute Gasteiger partial charge is 0.303 e. The molecule has 0 heterocycles. The van der Waals surface area contributed by atoms with Crippen molar-refractivity contribution < 1.29 is 14.7 Å². The molecule has 0 unspecified atom stereocenters. The zero-order chi connectivity index (χ0) is 13.5. The third-order valence-electron chi connectivity index (χ3n) is 2.55. The molecule has 0 aliphatic rings. The van der Waals surface area contributed by atoms with Gasteiger partial charge >= 0.3 is 5.97 Å². The Morgan fingerprint density at radius 2 is 1.82 bits per heavy atom. The van der Waals surface area contributed by atoms with Gasteiger partial charge in [-0.25, -0.2) is 0 Å². The van der Waals surface area contributed by atoms with Crippen LogP contribution in [0, 0.1) is 11.3 Å². The molecule has 2 N–H and O–H groups in total. The summed E-state index contributed by atoms with van der Waals surface area (Å²) in [5, 5.41) is 11.5. The molecule has 0 aromatic carbocycles. The number of carboxylic acids is 1. The van der Waals surface area contributed by atoms with Gasteiger partial charge in [0.2, 0.25) is 5.91 Å². The Kier molecular flexibility index (Phi) is 6.85. The molecule has 0 bridgehead atoms. The molecule has 0 atom stereocenters. The van der Waals surface area contributed by atoms with Crippen molar-refractivity contribution in [2.45, 2.75) is 53.4 Å². The fraction of sp³-hybridized carbons (Fsp3) is 0.846. The summed E-state index contributed by atoms with van der Waals surface area (Å²) in [5.74, 6) is -0.266. The molecule has 0 fully saturated rings. The lowest BCUT2D eigenvalue weighted by Crippen LogP contribution is -2.30. The SMILES string of the molecule is CC(C)CCCNC(=O)CC(C)(C)CC(=O)O. The summed E-state index contributed by atoms with van der Waals surface area (Å²) < 4.78 is 0. The third-order valence-corrected chi connectivity index (χ3v) is 2.55. The average molecular weight is 243 g/mol. The average Bonchev–Trinajstić information content (AvgIpc) is 2.08. The van der Waals surface area contributed by atoms with Crippen molar-refractivity contribution in [3.63, 3.8) is 0 Å². The van der Waals surface area contributed by atoms with Gasteiger partial charge in [0.05, 0.1) is 6.42 Å². The normalized spacial score (nSPS) is 11.6. The highest BCUT2D eigenvalue weighted by Gasteiger charge is 2.24. The Morgan fingerprint density at radius 1 is 1.24 bits per heavy atom. The van der Waals surface area contributed by atoms with Crippen molar-refractivity contribution in [3.05, 3.63) is 0 Å². The van der Waals surface area contributed by atoms with E-state index in [0.29, 0.717) is 12.5 Å². The predicted molar refractivity (Wildman–Crippen MR) is 67.7 cm³/mol. The third kappa shape index (κ3) is 9.85. The monoisotopic (exact) mass is 243 g/mol. The first-order valence-corrected chi connectivity index (χ1v) is 6.21. The second kappa shape index (κ2) is 7.30. The van der Waals surface area contributed by atoms with Gasteiger partial charge in [0.25, 0.3) is 0 Å². The molecule has 17 heavy (non-hydrogen) atoms. The van der Waals surface area contributed by atoms with Gasteiger partial charge in [0.1, 0.15) is 0 Å². The molecule has 0 rings (SSSR count). The number of carbonyl (C=O) groups excluding carboxylic acids is 1. The van der Waals surface area contributed by atoms with Gasteiger partial charge in [-0.15, -0.1) is 0 Å². The number of carbonyl (C=O) groups is 2. The fourth-order valence-corrected chi connectivity index (χ4v) is 1.71. The van der Waals surface area contributed by atoms with Crippen LogP contribution in [-0.2, 0) is 9.59 Å². The second-order valence-corrected chi connectivity index (χ2v) is 5.80. The zero-order valence-electron chi connectivity index (χ0n) is 11.4. The summed E-state index contributed by atoms with van der Waals surface area (Å²) in [4.78, 5) is 22.2. The lowest BCUT2D eigenvalue weighted by Gasteiger charge is -2.21. The van der Waals surface area contributed by atoms with Crippen LogP contribution in [0.2, 0.25) is 0 Å². The van der Waals surface area contributed by atoms with E-state index in [9.17, 15) is 9.59 Å². The molecular formula is C13H25NO3. The fourth-order valence-electron chi connectivity index (χ4n) is 1.71. The lowest BCUT2D eigenvalue weighted by molar-refractivity contribution is -0.139. The van der Waals surface area contributed by atoms with Gasteiger partial charge in [0.15, 0.2) is 0 Å². The zero-order valence-corrected chi connectivity index (χ0v) is 11.4. The second-order valence-electron chi connectivity index (χ2n) is 5.80. The Morgan fingerprint density at radius 3 is 2.29 bits per heavy atom. The van der Waals surface area contributed by atoms with E-state index in [2.05, 4.69) is 19.2 Å². The van der Waals surface area contributed by atoms with Gasteiger partial charge in [-0.05, 0) is 24.2 Å². The Balaban J connectivity index is 3.81. The molecular weight excluding hydrogens is 218 g/mol. The maximum absolute atomic E-state index is 11.6. The maximum Gasteiger partial charge on any atom is 0.303 e. The van der Waals surface area contributed by atoms with Crippen LogP contribution in [0.25, 0.3) is 0 Å². The van der Waals surface area contributed by atoms with E-state index in [1.165, 1.54) is 0 Å². The standard InChI is InChI=1S/C13H25NO3/c1-10(2)6-5-7-14-11(15)8-13(3,4)9-12(16)17/h10H,5-9H2,1-4H3,(H,14,15)(H,16,17). The van der Waals surface area contributed by atoms with Crippen molar-refractivity contribution in [1.29, 1.82) is 0 Å². The van der Waals surface area contributed by atoms with Crippen molar-refractivity contribution in [1.82, 2.24) is 5.32 Å². The molecule has 0 aromatic heterocycles. The first kappa shape index (κ1) is 15.9. The molecule has 0 saturated heterocycles. The molecule has 100 valence electrons. The van der Waals surface area contributed by atoms with Crippen molar-refractivity contribution in [2.75, 3.05) is 6.54 Å². The number of carboxylic acid groups (broad SMARTS) is 1. The van der Waals surface area contributed by atoms with Gasteiger partial charge in [-0.2, -0.15) is 0 Å². The van der Waals surface area contributed by atoms with Crippen LogP contribution >= 0.6 is 0 Å². The molecule has 0 saturated carbocycles.